The van der Waals surface area contributed by atoms with E-state index in [1.165, 1.54) is 0 Å². The number of hydrogen-bond donors (Lipinski definition) is 1. The Bertz CT molecular complexity index is 442. The predicted molar refractivity (Wildman–Crippen MR) is 69.0 cm³/mol. The van der Waals surface area contributed by atoms with E-state index in [1.807, 2.05) is 35.7 Å². The highest BCUT2D eigenvalue weighted by molar-refractivity contribution is 7.07. The summed E-state index contributed by atoms with van der Waals surface area (Å²) in [6.07, 6.45) is 1.67. The molecule has 1 aromatic heterocycles. The quantitative estimate of drug-likeness (QED) is 0.793. The second kappa shape index (κ2) is 6.27. The van der Waals surface area contributed by atoms with Crippen LogP contribution in [0.4, 0.5) is 0 Å². The molecular formula is C13H14N2OS. The van der Waals surface area contributed by atoms with Crippen molar-refractivity contribution in [3.05, 3.63) is 52.5 Å². The molecule has 0 bridgehead atoms. The first-order valence-corrected chi connectivity index (χ1v) is 6.42. The summed E-state index contributed by atoms with van der Waals surface area (Å²) >= 11 is 1.56. The summed E-state index contributed by atoms with van der Waals surface area (Å²) in [7, 11) is 0. The van der Waals surface area contributed by atoms with Crippen molar-refractivity contribution in [2.45, 2.75) is 19.0 Å². The number of benzene rings is 1. The Morgan fingerprint density at radius 3 is 2.82 bits per heavy atom. The van der Waals surface area contributed by atoms with Crippen molar-refractivity contribution in [3.8, 4) is 0 Å². The third-order valence-corrected chi connectivity index (χ3v) is 3.13. The van der Waals surface area contributed by atoms with Gasteiger partial charge in [-0.3, -0.25) is 0 Å². The molecule has 0 aliphatic carbocycles. The fourth-order valence-corrected chi connectivity index (χ4v) is 2.16. The molecule has 0 aliphatic heterocycles. The molecule has 2 aromatic rings. The molecule has 88 valence electrons. The monoisotopic (exact) mass is 246 g/mol. The van der Waals surface area contributed by atoms with E-state index in [0.29, 0.717) is 13.0 Å². The van der Waals surface area contributed by atoms with Gasteiger partial charge in [-0.15, -0.1) is 11.3 Å². The number of hydrogen-bond acceptors (Lipinski definition) is 4. The third kappa shape index (κ3) is 3.76. The van der Waals surface area contributed by atoms with E-state index in [4.69, 9.17) is 0 Å². The maximum atomic E-state index is 11.0. The van der Waals surface area contributed by atoms with Gasteiger partial charge in [0.05, 0.1) is 17.2 Å². The van der Waals surface area contributed by atoms with Crippen LogP contribution in [0.3, 0.4) is 0 Å². The summed E-state index contributed by atoms with van der Waals surface area (Å²) in [5.41, 5.74) is 3.94. The van der Waals surface area contributed by atoms with Gasteiger partial charge in [0.1, 0.15) is 6.29 Å². The van der Waals surface area contributed by atoms with Crippen molar-refractivity contribution >= 4 is 17.6 Å². The van der Waals surface area contributed by atoms with Gasteiger partial charge in [-0.1, -0.05) is 30.3 Å². The van der Waals surface area contributed by atoms with E-state index in [9.17, 15) is 4.79 Å². The summed E-state index contributed by atoms with van der Waals surface area (Å²) in [5.74, 6) is 0. The first-order valence-electron chi connectivity index (χ1n) is 5.48. The third-order valence-electron chi connectivity index (χ3n) is 2.49. The molecule has 1 heterocycles. The molecule has 1 N–H and O–H groups in total. The van der Waals surface area contributed by atoms with Crippen LogP contribution in [0, 0.1) is 0 Å². The average molecular weight is 246 g/mol. The van der Waals surface area contributed by atoms with E-state index in [-0.39, 0.29) is 6.04 Å². The molecule has 17 heavy (non-hydrogen) atoms. The first-order chi connectivity index (χ1) is 8.38. The summed E-state index contributed by atoms with van der Waals surface area (Å²) in [6.45, 7) is 0.639. The van der Waals surface area contributed by atoms with Crippen LogP contribution in [0.2, 0.25) is 0 Å². The summed E-state index contributed by atoms with van der Waals surface area (Å²) in [5, 5.41) is 5.18. The van der Waals surface area contributed by atoms with Crippen molar-refractivity contribution in [1.29, 1.82) is 0 Å². The highest BCUT2D eigenvalue weighted by Crippen LogP contribution is 2.04. The van der Waals surface area contributed by atoms with E-state index in [0.717, 1.165) is 17.5 Å². The van der Waals surface area contributed by atoms with E-state index in [1.54, 1.807) is 16.8 Å². The minimum atomic E-state index is -0.154. The SMILES string of the molecule is O=CC(Cc1ccccc1)NCc1cscn1. The fraction of sp³-hybridized carbons (Fsp3) is 0.231. The summed E-state index contributed by atoms with van der Waals surface area (Å²) in [4.78, 5) is 15.2. The lowest BCUT2D eigenvalue weighted by Gasteiger charge is -2.11. The van der Waals surface area contributed by atoms with Crippen molar-refractivity contribution in [3.63, 3.8) is 0 Å². The van der Waals surface area contributed by atoms with E-state index >= 15 is 0 Å². The first kappa shape index (κ1) is 12.0. The van der Waals surface area contributed by atoms with Crippen molar-refractivity contribution < 1.29 is 4.79 Å². The molecule has 0 saturated heterocycles. The van der Waals surface area contributed by atoms with Gasteiger partial charge in [0.15, 0.2) is 0 Å². The van der Waals surface area contributed by atoms with Gasteiger partial charge >= 0.3 is 0 Å². The van der Waals surface area contributed by atoms with Crippen molar-refractivity contribution in [2.24, 2.45) is 0 Å². The molecule has 0 fully saturated rings. The van der Waals surface area contributed by atoms with E-state index < -0.39 is 0 Å². The molecule has 1 atom stereocenters. The number of thiazole rings is 1. The van der Waals surface area contributed by atoms with Crippen LogP contribution in [0.15, 0.2) is 41.2 Å². The Labute approximate surface area is 105 Å². The maximum absolute atomic E-state index is 11.0. The Morgan fingerprint density at radius 1 is 1.35 bits per heavy atom. The minimum absolute atomic E-state index is 0.154. The smallest absolute Gasteiger partial charge is 0.137 e. The van der Waals surface area contributed by atoms with Crippen LogP contribution in [-0.2, 0) is 17.8 Å². The number of nitrogens with zero attached hydrogens (tertiary/aromatic N) is 1. The number of nitrogens with one attached hydrogen (secondary N) is 1. The second-order valence-electron chi connectivity index (χ2n) is 3.79. The van der Waals surface area contributed by atoms with Crippen LogP contribution in [0.25, 0.3) is 0 Å². The zero-order valence-corrected chi connectivity index (χ0v) is 10.2. The van der Waals surface area contributed by atoms with Gasteiger partial charge in [0.2, 0.25) is 0 Å². The highest BCUT2D eigenvalue weighted by atomic mass is 32.1. The number of aldehydes is 1. The molecule has 3 nitrogen and oxygen atoms in total. The van der Waals surface area contributed by atoms with E-state index in [2.05, 4.69) is 10.3 Å². The van der Waals surface area contributed by atoms with Gasteiger partial charge in [-0.05, 0) is 12.0 Å². The molecule has 2 rings (SSSR count). The van der Waals surface area contributed by atoms with Crippen LogP contribution in [-0.4, -0.2) is 17.3 Å². The molecule has 1 aromatic carbocycles. The fourth-order valence-electron chi connectivity index (χ4n) is 1.60. The van der Waals surface area contributed by atoms with Gasteiger partial charge < -0.3 is 10.1 Å². The zero-order chi connectivity index (χ0) is 11.9. The predicted octanol–water partition coefficient (Wildman–Crippen LogP) is 2.04. The number of carbonyl (C=O) groups is 1. The standard InChI is InChI=1S/C13H14N2OS/c16-8-12(6-11-4-2-1-3-5-11)14-7-13-9-17-10-15-13/h1-5,8-10,12,14H,6-7H2. The van der Waals surface area contributed by atoms with Gasteiger partial charge in [0, 0.05) is 11.9 Å². The molecule has 0 saturated carbocycles. The lowest BCUT2D eigenvalue weighted by atomic mass is 10.1. The highest BCUT2D eigenvalue weighted by Gasteiger charge is 2.07. The number of carbonyl (C=O) groups excluding carboxylic acids is 1. The molecule has 0 radical (unpaired) electrons. The van der Waals surface area contributed by atoms with Crippen LogP contribution in [0.5, 0.6) is 0 Å². The molecule has 4 heteroatoms. The Morgan fingerprint density at radius 2 is 2.18 bits per heavy atom. The van der Waals surface area contributed by atoms with Crippen molar-refractivity contribution in [1.82, 2.24) is 10.3 Å². The van der Waals surface area contributed by atoms with Crippen LogP contribution >= 0.6 is 11.3 Å². The second-order valence-corrected chi connectivity index (χ2v) is 4.51. The normalized spacial score (nSPS) is 12.2. The van der Waals surface area contributed by atoms with Gasteiger partial charge in [-0.25, -0.2) is 4.98 Å². The average Bonchev–Trinajstić information content (AvgIpc) is 2.89. The topological polar surface area (TPSA) is 42.0 Å². The van der Waals surface area contributed by atoms with Crippen LogP contribution < -0.4 is 5.32 Å². The minimum Gasteiger partial charge on any atom is -0.302 e. The molecular weight excluding hydrogens is 232 g/mol. The summed E-state index contributed by atoms with van der Waals surface area (Å²) < 4.78 is 0. The maximum Gasteiger partial charge on any atom is 0.137 e. The van der Waals surface area contributed by atoms with Gasteiger partial charge in [0.25, 0.3) is 0 Å². The number of aromatic nitrogens is 1. The molecule has 0 spiro atoms. The zero-order valence-electron chi connectivity index (χ0n) is 9.37. The Kier molecular flexibility index (Phi) is 4.41. The Hall–Kier alpha value is -1.52. The lowest BCUT2D eigenvalue weighted by molar-refractivity contribution is -0.109. The largest absolute Gasteiger partial charge is 0.302 e. The number of rotatable bonds is 6. The molecule has 0 amide bonds. The summed E-state index contributed by atoms with van der Waals surface area (Å²) in [6, 6.07) is 9.85. The van der Waals surface area contributed by atoms with Crippen LogP contribution in [0.1, 0.15) is 11.3 Å². The molecule has 0 aliphatic rings. The molecule has 1 unspecified atom stereocenters. The van der Waals surface area contributed by atoms with Crippen molar-refractivity contribution in [2.75, 3.05) is 0 Å². The lowest BCUT2D eigenvalue weighted by Crippen LogP contribution is -2.32. The van der Waals surface area contributed by atoms with Gasteiger partial charge in [-0.2, -0.15) is 0 Å². The Balaban J connectivity index is 1.87.